The average Bonchev–Trinajstić information content (AvgIpc) is 3.01. The van der Waals surface area contributed by atoms with Crippen molar-refractivity contribution in [3.8, 4) is 5.75 Å². The van der Waals surface area contributed by atoms with Gasteiger partial charge < -0.3 is 4.74 Å². The summed E-state index contributed by atoms with van der Waals surface area (Å²) in [5.74, 6) is -0.122. The second kappa shape index (κ2) is 7.83. The number of benzene rings is 1. The van der Waals surface area contributed by atoms with E-state index in [1.807, 2.05) is 24.4 Å². The molecule has 0 aliphatic heterocycles. The Bertz CT molecular complexity index is 702. The quantitative estimate of drug-likeness (QED) is 0.469. The van der Waals surface area contributed by atoms with Crippen LogP contribution in [0.2, 0.25) is 15.1 Å². The maximum atomic E-state index is 11.7. The molecule has 0 atom stereocenters. The summed E-state index contributed by atoms with van der Waals surface area (Å²) in [6.07, 6.45) is 0. The van der Waals surface area contributed by atoms with Crippen molar-refractivity contribution in [1.82, 2.24) is 5.43 Å². The smallest absolute Gasteiger partial charge is 0.277 e. The summed E-state index contributed by atoms with van der Waals surface area (Å²) in [6, 6.07) is 6.75. The molecule has 0 spiro atoms. The third kappa shape index (κ3) is 4.61. The molecule has 116 valence electrons. The molecule has 1 N–H and O–H groups in total. The van der Waals surface area contributed by atoms with Gasteiger partial charge >= 0.3 is 0 Å². The van der Waals surface area contributed by atoms with Gasteiger partial charge in [0.25, 0.3) is 5.91 Å². The highest BCUT2D eigenvalue weighted by molar-refractivity contribution is 7.12. The molecule has 0 aliphatic carbocycles. The van der Waals surface area contributed by atoms with E-state index in [0.29, 0.717) is 10.0 Å². The van der Waals surface area contributed by atoms with Gasteiger partial charge in [0.2, 0.25) is 0 Å². The standard InChI is InChI=1S/C14H11Cl3N2O2S/c1-8(13-3-2-4-22-13)18-19-14(20)7-21-12-6-10(16)9(15)5-11(12)17/h2-6H,7H2,1H3,(H,19,20)/b18-8+. The van der Waals surface area contributed by atoms with Gasteiger partial charge in [-0.2, -0.15) is 5.10 Å². The Morgan fingerprint density at radius 1 is 1.27 bits per heavy atom. The van der Waals surface area contributed by atoms with Gasteiger partial charge in [0.15, 0.2) is 6.61 Å². The molecule has 0 unspecified atom stereocenters. The topological polar surface area (TPSA) is 50.7 Å². The third-order valence-corrected chi connectivity index (χ3v) is 4.56. The maximum absolute atomic E-state index is 11.7. The molecule has 0 saturated heterocycles. The first-order chi connectivity index (χ1) is 10.5. The minimum absolute atomic E-state index is 0.237. The van der Waals surface area contributed by atoms with Crippen molar-refractivity contribution in [2.45, 2.75) is 6.92 Å². The van der Waals surface area contributed by atoms with E-state index in [1.165, 1.54) is 23.5 Å². The maximum Gasteiger partial charge on any atom is 0.277 e. The minimum atomic E-state index is -0.405. The van der Waals surface area contributed by atoms with E-state index in [-0.39, 0.29) is 17.4 Å². The normalized spacial score (nSPS) is 11.4. The van der Waals surface area contributed by atoms with E-state index in [1.54, 1.807) is 0 Å². The Kier molecular flexibility index (Phi) is 6.08. The first-order valence-electron chi connectivity index (χ1n) is 6.11. The molecule has 4 nitrogen and oxygen atoms in total. The van der Waals surface area contributed by atoms with Crippen LogP contribution in [-0.4, -0.2) is 18.2 Å². The van der Waals surface area contributed by atoms with Gasteiger partial charge in [-0.1, -0.05) is 40.9 Å². The lowest BCUT2D eigenvalue weighted by molar-refractivity contribution is -0.123. The van der Waals surface area contributed by atoms with E-state index in [4.69, 9.17) is 39.5 Å². The predicted molar refractivity (Wildman–Crippen MR) is 91.6 cm³/mol. The number of thiophene rings is 1. The number of hydrazone groups is 1. The fourth-order valence-electron chi connectivity index (χ4n) is 1.48. The van der Waals surface area contributed by atoms with Gasteiger partial charge in [0.05, 0.1) is 20.8 Å². The van der Waals surface area contributed by atoms with Crippen molar-refractivity contribution < 1.29 is 9.53 Å². The Labute approximate surface area is 146 Å². The van der Waals surface area contributed by atoms with E-state index in [2.05, 4.69) is 10.5 Å². The molecule has 1 amide bonds. The van der Waals surface area contributed by atoms with E-state index in [0.717, 1.165) is 10.6 Å². The Morgan fingerprint density at radius 2 is 2.00 bits per heavy atom. The highest BCUT2D eigenvalue weighted by atomic mass is 35.5. The van der Waals surface area contributed by atoms with Gasteiger partial charge in [-0.15, -0.1) is 11.3 Å². The van der Waals surface area contributed by atoms with Gasteiger partial charge in [0, 0.05) is 10.9 Å². The van der Waals surface area contributed by atoms with Gasteiger partial charge in [-0.3, -0.25) is 4.79 Å². The molecule has 8 heteroatoms. The number of carbonyl (C=O) groups is 1. The summed E-state index contributed by atoms with van der Waals surface area (Å²) < 4.78 is 5.30. The lowest BCUT2D eigenvalue weighted by atomic mass is 10.3. The van der Waals surface area contributed by atoms with Crippen LogP contribution in [0.15, 0.2) is 34.7 Å². The molecular formula is C14H11Cl3N2O2S. The zero-order valence-electron chi connectivity index (χ0n) is 11.4. The number of nitrogens with zero attached hydrogens (tertiary/aromatic N) is 1. The summed E-state index contributed by atoms with van der Waals surface area (Å²) in [6.45, 7) is 1.57. The second-order valence-corrected chi connectivity index (χ2v) is 6.36. The molecule has 0 bridgehead atoms. The SMILES string of the molecule is C/C(=N\NC(=O)COc1cc(Cl)c(Cl)cc1Cl)c1cccs1. The first kappa shape index (κ1) is 17.1. The van der Waals surface area contributed by atoms with Crippen LogP contribution in [0.3, 0.4) is 0 Å². The number of rotatable bonds is 5. The van der Waals surface area contributed by atoms with Crippen molar-refractivity contribution in [3.63, 3.8) is 0 Å². The number of hydrogen-bond donors (Lipinski definition) is 1. The van der Waals surface area contributed by atoms with Gasteiger partial charge in [-0.25, -0.2) is 5.43 Å². The Balaban J connectivity index is 1.91. The number of amides is 1. The number of halogens is 3. The molecule has 1 aromatic heterocycles. The van der Waals surface area contributed by atoms with Crippen LogP contribution in [0.25, 0.3) is 0 Å². The monoisotopic (exact) mass is 376 g/mol. The largest absolute Gasteiger partial charge is 0.482 e. The molecule has 22 heavy (non-hydrogen) atoms. The second-order valence-electron chi connectivity index (χ2n) is 4.19. The summed E-state index contributed by atoms with van der Waals surface area (Å²) in [5, 5.41) is 6.83. The van der Waals surface area contributed by atoms with Gasteiger partial charge in [0.1, 0.15) is 5.75 Å². The summed E-state index contributed by atoms with van der Waals surface area (Å²) in [7, 11) is 0. The highest BCUT2D eigenvalue weighted by Crippen LogP contribution is 2.33. The lowest BCUT2D eigenvalue weighted by Crippen LogP contribution is -2.25. The van der Waals surface area contributed by atoms with E-state index in [9.17, 15) is 4.79 Å². The van der Waals surface area contributed by atoms with E-state index >= 15 is 0 Å². The molecular weight excluding hydrogens is 367 g/mol. The van der Waals surface area contributed by atoms with Gasteiger partial charge in [-0.05, 0) is 24.4 Å². The summed E-state index contributed by atoms with van der Waals surface area (Å²) in [4.78, 5) is 12.7. The predicted octanol–water partition coefficient (Wildman–Crippen LogP) is 4.63. The third-order valence-electron chi connectivity index (χ3n) is 2.56. The minimum Gasteiger partial charge on any atom is -0.482 e. The Morgan fingerprint density at radius 3 is 2.68 bits per heavy atom. The molecule has 0 saturated carbocycles. The highest BCUT2D eigenvalue weighted by Gasteiger charge is 2.09. The first-order valence-corrected chi connectivity index (χ1v) is 8.13. The number of carbonyl (C=O) groups excluding carboxylic acids is 1. The van der Waals surface area contributed by atoms with Crippen molar-refractivity contribution in [1.29, 1.82) is 0 Å². The van der Waals surface area contributed by atoms with Crippen LogP contribution in [0, 0.1) is 0 Å². The zero-order chi connectivity index (χ0) is 16.1. The average molecular weight is 378 g/mol. The van der Waals surface area contributed by atoms with Crippen LogP contribution in [0.5, 0.6) is 5.75 Å². The van der Waals surface area contributed by atoms with Crippen molar-refractivity contribution in [3.05, 3.63) is 49.6 Å². The van der Waals surface area contributed by atoms with E-state index < -0.39 is 5.91 Å². The van der Waals surface area contributed by atoms with Crippen LogP contribution >= 0.6 is 46.1 Å². The summed E-state index contributed by atoms with van der Waals surface area (Å²) >= 11 is 19.2. The lowest BCUT2D eigenvalue weighted by Gasteiger charge is -2.08. The zero-order valence-corrected chi connectivity index (χ0v) is 14.5. The molecule has 1 aromatic carbocycles. The molecule has 0 aliphatic rings. The molecule has 2 aromatic rings. The van der Waals surface area contributed by atoms with Crippen molar-refractivity contribution in [2.24, 2.45) is 5.10 Å². The number of hydrogen-bond acceptors (Lipinski definition) is 4. The molecule has 0 fully saturated rings. The van der Waals surface area contributed by atoms with Crippen LogP contribution in [-0.2, 0) is 4.79 Å². The number of nitrogens with one attached hydrogen (secondary N) is 1. The summed E-state index contributed by atoms with van der Waals surface area (Å²) in [5.41, 5.74) is 3.13. The Hall–Kier alpha value is -1.27. The number of ether oxygens (including phenoxy) is 1. The van der Waals surface area contributed by atoms with Crippen LogP contribution in [0.4, 0.5) is 0 Å². The molecule has 2 rings (SSSR count). The molecule has 0 radical (unpaired) electrons. The van der Waals surface area contributed by atoms with Crippen LogP contribution in [0.1, 0.15) is 11.8 Å². The van der Waals surface area contributed by atoms with Crippen molar-refractivity contribution in [2.75, 3.05) is 6.61 Å². The fourth-order valence-corrected chi connectivity index (χ4v) is 2.74. The van der Waals surface area contributed by atoms with Crippen LogP contribution < -0.4 is 10.2 Å². The van der Waals surface area contributed by atoms with Crippen molar-refractivity contribution >= 4 is 57.8 Å². The fraction of sp³-hybridized carbons (Fsp3) is 0.143. The molecule has 1 heterocycles.